The molecule has 0 aromatic heterocycles. The monoisotopic (exact) mass is 318 g/mol. The Morgan fingerprint density at radius 3 is 1.77 bits per heavy atom. The maximum Gasteiger partial charge on any atom is 0.241 e. The average Bonchev–Trinajstić information content (AvgIpc) is 2.61. The Bertz CT molecular complexity index is 433. The molecule has 2 aliphatic rings. The van der Waals surface area contributed by atoms with E-state index in [0.29, 0.717) is 0 Å². The number of rotatable bonds is 5. The van der Waals surface area contributed by atoms with E-state index in [0.717, 1.165) is 22.6 Å². The van der Waals surface area contributed by atoms with Gasteiger partial charge in [0.05, 0.1) is 7.11 Å². The Morgan fingerprint density at radius 1 is 0.773 bits per heavy atom. The van der Waals surface area contributed by atoms with Gasteiger partial charge in [-0.05, 0) is 48.9 Å². The lowest BCUT2D eigenvalue weighted by atomic mass is 9.99. The summed E-state index contributed by atoms with van der Waals surface area (Å²) in [6.45, 7) is 0. The minimum atomic E-state index is -1.25. The van der Waals surface area contributed by atoms with Gasteiger partial charge in [0.25, 0.3) is 0 Å². The zero-order chi connectivity index (χ0) is 15.2. The molecule has 0 saturated heterocycles. The molecular weight excluding hydrogens is 288 g/mol. The summed E-state index contributed by atoms with van der Waals surface area (Å²) in [5.74, 6) is 1.91. The summed E-state index contributed by atoms with van der Waals surface area (Å²) in [4.78, 5) is 0. The highest BCUT2D eigenvalue weighted by Crippen LogP contribution is 2.43. The topological polar surface area (TPSA) is 18.5 Å². The first-order chi connectivity index (χ1) is 10.9. The minimum Gasteiger partial charge on any atom is -0.543 e. The first-order valence-electron chi connectivity index (χ1n) is 9.18. The zero-order valence-corrected chi connectivity index (χ0v) is 15.1. The van der Waals surface area contributed by atoms with Crippen molar-refractivity contribution in [3.8, 4) is 11.5 Å². The smallest absolute Gasteiger partial charge is 0.241 e. The van der Waals surface area contributed by atoms with E-state index in [-0.39, 0.29) is 0 Å². The van der Waals surface area contributed by atoms with E-state index in [4.69, 9.17) is 9.16 Å². The third-order valence-electron chi connectivity index (χ3n) is 5.56. The highest BCUT2D eigenvalue weighted by Gasteiger charge is 2.36. The molecule has 1 aromatic rings. The molecule has 0 amide bonds. The van der Waals surface area contributed by atoms with Crippen LogP contribution < -0.4 is 9.16 Å². The zero-order valence-electron chi connectivity index (χ0n) is 13.9. The Hall–Kier alpha value is -0.963. The van der Waals surface area contributed by atoms with Gasteiger partial charge in [-0.3, -0.25) is 0 Å². The Labute approximate surface area is 136 Å². The first kappa shape index (κ1) is 15.9. The second-order valence-corrected chi connectivity index (χ2v) is 10.1. The highest BCUT2D eigenvalue weighted by molar-refractivity contribution is 6.56. The largest absolute Gasteiger partial charge is 0.543 e. The lowest BCUT2D eigenvalue weighted by molar-refractivity contribution is 0.373. The van der Waals surface area contributed by atoms with E-state index in [1.165, 1.54) is 64.2 Å². The molecule has 3 rings (SSSR count). The second-order valence-electron chi connectivity index (χ2n) is 7.03. The third-order valence-corrected chi connectivity index (χ3v) is 9.28. The van der Waals surface area contributed by atoms with Crippen LogP contribution in [0.2, 0.25) is 11.1 Å². The third kappa shape index (κ3) is 3.86. The molecule has 1 aromatic carbocycles. The molecule has 122 valence electrons. The van der Waals surface area contributed by atoms with Gasteiger partial charge in [-0.2, -0.15) is 0 Å². The average molecular weight is 319 g/mol. The quantitative estimate of drug-likeness (QED) is 0.671. The van der Waals surface area contributed by atoms with Gasteiger partial charge in [-0.15, -0.1) is 0 Å². The summed E-state index contributed by atoms with van der Waals surface area (Å²) >= 11 is 0. The van der Waals surface area contributed by atoms with Crippen molar-refractivity contribution in [1.29, 1.82) is 0 Å². The molecule has 0 N–H and O–H groups in total. The van der Waals surface area contributed by atoms with E-state index >= 15 is 0 Å². The number of hydrogen-bond acceptors (Lipinski definition) is 2. The molecule has 0 atom stereocenters. The van der Waals surface area contributed by atoms with Gasteiger partial charge in [-0.25, -0.2) is 0 Å². The van der Waals surface area contributed by atoms with Crippen molar-refractivity contribution < 1.29 is 9.16 Å². The summed E-state index contributed by atoms with van der Waals surface area (Å²) in [6.07, 6.45) is 14.1. The van der Waals surface area contributed by atoms with Crippen LogP contribution in [0.3, 0.4) is 0 Å². The standard InChI is InChI=1S/C19H30O2Si/c1-20-18-14-8-9-15-19(18)21-22(16-10-4-2-5-11-16)17-12-6-3-7-13-17/h8-9,14-17,22H,2-7,10-13H2,1H3. The molecule has 3 heteroatoms. The van der Waals surface area contributed by atoms with E-state index in [2.05, 4.69) is 12.1 Å². The number of para-hydroxylation sites is 2. The predicted molar refractivity (Wildman–Crippen MR) is 94.4 cm³/mol. The van der Waals surface area contributed by atoms with Crippen LogP contribution in [0.5, 0.6) is 11.5 Å². The lowest BCUT2D eigenvalue weighted by Gasteiger charge is -2.36. The van der Waals surface area contributed by atoms with Crippen LogP contribution in [-0.2, 0) is 0 Å². The predicted octanol–water partition coefficient (Wildman–Crippen LogP) is 5.47. The molecule has 2 saturated carbocycles. The van der Waals surface area contributed by atoms with Gasteiger partial charge in [-0.1, -0.05) is 50.7 Å². The molecule has 0 aliphatic heterocycles. The van der Waals surface area contributed by atoms with Gasteiger partial charge in [0.1, 0.15) is 5.75 Å². The summed E-state index contributed by atoms with van der Waals surface area (Å²) in [5, 5.41) is 0. The molecule has 0 heterocycles. The summed E-state index contributed by atoms with van der Waals surface area (Å²) < 4.78 is 12.2. The Kier molecular flexibility index (Phi) is 5.82. The van der Waals surface area contributed by atoms with Crippen LogP contribution in [0, 0.1) is 0 Å². The normalized spacial score (nSPS) is 21.0. The van der Waals surface area contributed by atoms with Gasteiger partial charge >= 0.3 is 0 Å². The lowest BCUT2D eigenvalue weighted by Crippen LogP contribution is -2.36. The molecule has 0 radical (unpaired) electrons. The molecule has 0 bridgehead atoms. The van der Waals surface area contributed by atoms with Gasteiger partial charge in [0, 0.05) is 0 Å². The number of hydrogen-bond donors (Lipinski definition) is 0. The van der Waals surface area contributed by atoms with Crippen LogP contribution in [0.15, 0.2) is 24.3 Å². The van der Waals surface area contributed by atoms with E-state index in [1.807, 2.05) is 12.1 Å². The maximum absolute atomic E-state index is 6.73. The Balaban J connectivity index is 1.77. The van der Waals surface area contributed by atoms with Crippen molar-refractivity contribution in [2.45, 2.75) is 75.3 Å². The fourth-order valence-corrected chi connectivity index (χ4v) is 8.27. The Morgan fingerprint density at radius 2 is 1.27 bits per heavy atom. The highest BCUT2D eigenvalue weighted by atomic mass is 28.3. The van der Waals surface area contributed by atoms with E-state index < -0.39 is 9.04 Å². The SMILES string of the molecule is COc1ccccc1O[SiH](C1CCCCC1)C1CCCCC1. The van der Waals surface area contributed by atoms with Crippen molar-refractivity contribution in [3.05, 3.63) is 24.3 Å². The molecule has 22 heavy (non-hydrogen) atoms. The molecular formula is C19H30O2Si. The summed E-state index contributed by atoms with van der Waals surface area (Å²) in [5.41, 5.74) is 1.75. The van der Waals surface area contributed by atoms with Crippen LogP contribution in [-0.4, -0.2) is 16.2 Å². The fraction of sp³-hybridized carbons (Fsp3) is 0.684. The first-order valence-corrected chi connectivity index (χ1v) is 11.0. The van der Waals surface area contributed by atoms with Crippen molar-refractivity contribution in [1.82, 2.24) is 0 Å². The van der Waals surface area contributed by atoms with Gasteiger partial charge < -0.3 is 9.16 Å². The molecule has 0 spiro atoms. The van der Waals surface area contributed by atoms with Gasteiger partial charge in [0.15, 0.2) is 5.75 Å². The molecule has 2 fully saturated rings. The van der Waals surface area contributed by atoms with Crippen LogP contribution in [0.25, 0.3) is 0 Å². The summed E-state index contributed by atoms with van der Waals surface area (Å²) in [7, 11) is 0.505. The van der Waals surface area contributed by atoms with Crippen LogP contribution in [0.1, 0.15) is 64.2 Å². The van der Waals surface area contributed by atoms with Gasteiger partial charge in [0.2, 0.25) is 9.04 Å². The number of benzene rings is 1. The minimum absolute atomic E-state index is 0.877. The van der Waals surface area contributed by atoms with E-state index in [9.17, 15) is 0 Å². The summed E-state index contributed by atoms with van der Waals surface area (Å²) in [6, 6.07) is 8.24. The van der Waals surface area contributed by atoms with Crippen molar-refractivity contribution >= 4 is 9.04 Å². The van der Waals surface area contributed by atoms with Crippen molar-refractivity contribution in [2.24, 2.45) is 0 Å². The maximum atomic E-state index is 6.73. The van der Waals surface area contributed by atoms with Crippen LogP contribution >= 0.6 is 0 Å². The van der Waals surface area contributed by atoms with Crippen LogP contribution in [0.4, 0.5) is 0 Å². The fourth-order valence-electron chi connectivity index (χ4n) is 4.37. The molecule has 2 aliphatic carbocycles. The van der Waals surface area contributed by atoms with Crippen molar-refractivity contribution in [2.75, 3.05) is 7.11 Å². The van der Waals surface area contributed by atoms with E-state index in [1.54, 1.807) is 7.11 Å². The second kappa shape index (κ2) is 8.05. The number of ether oxygens (including phenoxy) is 1. The molecule has 0 unspecified atom stereocenters. The molecule has 2 nitrogen and oxygen atoms in total. The number of methoxy groups -OCH3 is 1. The van der Waals surface area contributed by atoms with Crippen molar-refractivity contribution in [3.63, 3.8) is 0 Å².